The lowest BCUT2D eigenvalue weighted by Crippen LogP contribution is -2.40. The maximum atomic E-state index is 12.5. The molecule has 0 aliphatic carbocycles. The van der Waals surface area contributed by atoms with Crippen LogP contribution in [-0.2, 0) is 20.7 Å². The molecule has 3 heterocycles. The normalized spacial score (nSPS) is 16.0. The maximum absolute atomic E-state index is 12.5. The lowest BCUT2D eigenvalue weighted by molar-refractivity contribution is -0.158. The lowest BCUT2D eigenvalue weighted by Gasteiger charge is -2.23. The van der Waals surface area contributed by atoms with Crippen LogP contribution in [0.25, 0.3) is 10.6 Å². The van der Waals surface area contributed by atoms with Gasteiger partial charge < -0.3 is 9.64 Å². The van der Waals surface area contributed by atoms with Crippen LogP contribution in [0.4, 0.5) is 0 Å². The van der Waals surface area contributed by atoms with Crippen molar-refractivity contribution in [3.63, 3.8) is 0 Å². The van der Waals surface area contributed by atoms with Gasteiger partial charge in [-0.3, -0.25) is 14.6 Å². The third kappa shape index (κ3) is 4.88. The summed E-state index contributed by atoms with van der Waals surface area (Å²) in [5.41, 5.74) is 1.56. The Bertz CT molecular complexity index is 739. The molecule has 138 valence electrons. The molecular formula is C19H23N3O3S. The van der Waals surface area contributed by atoms with Crippen molar-refractivity contribution in [2.75, 3.05) is 13.1 Å². The smallest absolute Gasteiger partial charge is 0.312 e. The maximum Gasteiger partial charge on any atom is 0.312 e. The molecule has 0 saturated carbocycles. The van der Waals surface area contributed by atoms with Gasteiger partial charge in [0, 0.05) is 36.4 Å². The van der Waals surface area contributed by atoms with E-state index in [1.165, 1.54) is 11.3 Å². The molecule has 1 amide bonds. The standard InChI is InChI=1S/C19H23N3O3S/c1-14(19(24)22-9-4-2-3-5-10-22)25-17(23)11-16-13-26-18(21-16)15-7-6-8-20-12-15/h6-8,12-14H,2-5,9-11H2,1H3/t14-/m0/s1. The number of pyridine rings is 1. The predicted molar refractivity (Wildman–Crippen MR) is 99.7 cm³/mol. The molecule has 1 aliphatic rings. The first-order valence-corrected chi connectivity index (χ1v) is 9.84. The van der Waals surface area contributed by atoms with Gasteiger partial charge in [-0.1, -0.05) is 12.8 Å². The monoisotopic (exact) mass is 373 g/mol. The molecule has 26 heavy (non-hydrogen) atoms. The van der Waals surface area contributed by atoms with Crippen LogP contribution >= 0.6 is 11.3 Å². The number of nitrogens with zero attached hydrogens (tertiary/aromatic N) is 3. The Morgan fingerprint density at radius 3 is 2.73 bits per heavy atom. The molecule has 1 atom stereocenters. The third-order valence-electron chi connectivity index (χ3n) is 4.36. The number of thiazole rings is 1. The van der Waals surface area contributed by atoms with E-state index in [0.29, 0.717) is 5.69 Å². The van der Waals surface area contributed by atoms with Crippen LogP contribution in [0, 0.1) is 0 Å². The Labute approximate surface area is 157 Å². The summed E-state index contributed by atoms with van der Waals surface area (Å²) in [6, 6.07) is 3.77. The molecule has 0 radical (unpaired) electrons. The van der Waals surface area contributed by atoms with Gasteiger partial charge in [0.1, 0.15) is 5.01 Å². The fourth-order valence-corrected chi connectivity index (χ4v) is 3.81. The van der Waals surface area contributed by atoms with Gasteiger partial charge in [-0.2, -0.15) is 0 Å². The summed E-state index contributed by atoms with van der Waals surface area (Å²) in [7, 11) is 0. The van der Waals surface area contributed by atoms with Crippen LogP contribution in [0.5, 0.6) is 0 Å². The van der Waals surface area contributed by atoms with Gasteiger partial charge in [-0.05, 0) is 31.9 Å². The summed E-state index contributed by atoms with van der Waals surface area (Å²) in [5, 5.41) is 2.65. The van der Waals surface area contributed by atoms with E-state index in [2.05, 4.69) is 9.97 Å². The zero-order chi connectivity index (χ0) is 18.4. The highest BCUT2D eigenvalue weighted by Gasteiger charge is 2.24. The van der Waals surface area contributed by atoms with E-state index in [4.69, 9.17) is 4.74 Å². The first-order chi connectivity index (χ1) is 12.6. The summed E-state index contributed by atoms with van der Waals surface area (Å²) in [6.07, 6.45) is 7.10. The number of rotatable bonds is 5. The highest BCUT2D eigenvalue weighted by atomic mass is 32.1. The average molecular weight is 373 g/mol. The number of hydrogen-bond acceptors (Lipinski definition) is 6. The van der Waals surface area contributed by atoms with Crippen LogP contribution in [0.3, 0.4) is 0 Å². The molecule has 0 bridgehead atoms. The minimum atomic E-state index is -0.753. The van der Waals surface area contributed by atoms with E-state index in [1.54, 1.807) is 19.3 Å². The molecule has 0 spiro atoms. The van der Waals surface area contributed by atoms with Crippen LogP contribution < -0.4 is 0 Å². The van der Waals surface area contributed by atoms with Crippen LogP contribution in [-0.4, -0.2) is 45.9 Å². The summed E-state index contributed by atoms with van der Waals surface area (Å²) in [6.45, 7) is 3.15. The summed E-state index contributed by atoms with van der Waals surface area (Å²) in [4.78, 5) is 35.0. The number of amides is 1. The first kappa shape index (κ1) is 18.5. The fraction of sp³-hybridized carbons (Fsp3) is 0.474. The predicted octanol–water partition coefficient (Wildman–Crippen LogP) is 3.08. The van der Waals surface area contributed by atoms with Crippen molar-refractivity contribution >= 4 is 23.2 Å². The fourth-order valence-electron chi connectivity index (χ4n) is 3.00. The van der Waals surface area contributed by atoms with Gasteiger partial charge in [-0.15, -0.1) is 11.3 Å². The molecule has 1 fully saturated rings. The summed E-state index contributed by atoms with van der Waals surface area (Å²) < 4.78 is 5.35. The number of likely N-dealkylation sites (tertiary alicyclic amines) is 1. The highest BCUT2D eigenvalue weighted by molar-refractivity contribution is 7.13. The molecule has 7 heteroatoms. The van der Waals surface area contributed by atoms with E-state index in [1.807, 2.05) is 22.4 Å². The van der Waals surface area contributed by atoms with E-state index >= 15 is 0 Å². The highest BCUT2D eigenvalue weighted by Crippen LogP contribution is 2.23. The number of hydrogen-bond donors (Lipinski definition) is 0. The molecule has 0 aromatic carbocycles. The van der Waals surface area contributed by atoms with E-state index < -0.39 is 12.1 Å². The van der Waals surface area contributed by atoms with Crippen LogP contribution in [0.2, 0.25) is 0 Å². The Hall–Kier alpha value is -2.28. The second kappa shape index (κ2) is 8.89. The number of ether oxygens (including phenoxy) is 1. The first-order valence-electron chi connectivity index (χ1n) is 8.96. The van der Waals surface area contributed by atoms with E-state index in [-0.39, 0.29) is 12.3 Å². The zero-order valence-corrected chi connectivity index (χ0v) is 15.7. The largest absolute Gasteiger partial charge is 0.452 e. The molecule has 0 unspecified atom stereocenters. The number of aromatic nitrogens is 2. The molecule has 6 nitrogen and oxygen atoms in total. The molecule has 2 aromatic heterocycles. The van der Waals surface area contributed by atoms with Crippen molar-refractivity contribution in [2.45, 2.75) is 45.1 Å². The lowest BCUT2D eigenvalue weighted by atomic mass is 10.2. The van der Waals surface area contributed by atoms with Gasteiger partial charge >= 0.3 is 5.97 Å². The summed E-state index contributed by atoms with van der Waals surface area (Å²) >= 11 is 1.46. The van der Waals surface area contributed by atoms with Gasteiger partial charge in [0.2, 0.25) is 0 Å². The third-order valence-corrected chi connectivity index (χ3v) is 5.30. The number of carbonyl (C=O) groups excluding carboxylic acids is 2. The van der Waals surface area contributed by atoms with Crippen molar-refractivity contribution < 1.29 is 14.3 Å². The zero-order valence-electron chi connectivity index (χ0n) is 14.9. The van der Waals surface area contributed by atoms with Crippen molar-refractivity contribution in [1.29, 1.82) is 0 Å². The molecular weight excluding hydrogens is 350 g/mol. The minimum absolute atomic E-state index is 0.0639. The molecule has 1 saturated heterocycles. The van der Waals surface area contributed by atoms with Crippen molar-refractivity contribution in [3.05, 3.63) is 35.6 Å². The van der Waals surface area contributed by atoms with Crippen molar-refractivity contribution in [1.82, 2.24) is 14.9 Å². The Balaban J connectivity index is 1.53. The SMILES string of the molecule is C[C@H](OC(=O)Cc1csc(-c2cccnc2)n1)C(=O)N1CCCCCC1. The van der Waals surface area contributed by atoms with E-state index in [9.17, 15) is 9.59 Å². The van der Waals surface area contributed by atoms with Gasteiger partial charge in [0.25, 0.3) is 5.91 Å². The number of esters is 1. The van der Waals surface area contributed by atoms with Gasteiger partial charge in [-0.25, -0.2) is 4.98 Å². The van der Waals surface area contributed by atoms with Crippen molar-refractivity contribution in [3.8, 4) is 10.6 Å². The Morgan fingerprint density at radius 2 is 2.04 bits per heavy atom. The van der Waals surface area contributed by atoms with Crippen LogP contribution in [0.15, 0.2) is 29.9 Å². The van der Waals surface area contributed by atoms with Gasteiger partial charge in [0.05, 0.1) is 12.1 Å². The van der Waals surface area contributed by atoms with Crippen LogP contribution in [0.1, 0.15) is 38.3 Å². The average Bonchev–Trinajstić information content (AvgIpc) is 2.94. The number of carbonyl (C=O) groups is 2. The topological polar surface area (TPSA) is 72.4 Å². The molecule has 2 aromatic rings. The second-order valence-electron chi connectivity index (χ2n) is 6.43. The van der Waals surface area contributed by atoms with Gasteiger partial charge in [0.15, 0.2) is 6.10 Å². The molecule has 0 N–H and O–H groups in total. The van der Waals surface area contributed by atoms with Crippen molar-refractivity contribution in [2.24, 2.45) is 0 Å². The van der Waals surface area contributed by atoms with E-state index in [0.717, 1.165) is 49.3 Å². The Kier molecular flexibility index (Phi) is 6.33. The molecule has 1 aliphatic heterocycles. The minimum Gasteiger partial charge on any atom is -0.452 e. The summed E-state index contributed by atoms with van der Waals surface area (Å²) in [5.74, 6) is -0.529. The Morgan fingerprint density at radius 1 is 1.27 bits per heavy atom. The molecule has 3 rings (SSSR count). The second-order valence-corrected chi connectivity index (χ2v) is 7.29. The quantitative estimate of drug-likeness (QED) is 0.753.